The van der Waals surface area contributed by atoms with Crippen LogP contribution in [-0.4, -0.2) is 21.6 Å². The second-order valence-corrected chi connectivity index (χ2v) is 7.23. The molecule has 120 valence electrons. The highest BCUT2D eigenvalue weighted by Crippen LogP contribution is 2.26. The van der Waals surface area contributed by atoms with E-state index in [0.29, 0.717) is 5.16 Å². The van der Waals surface area contributed by atoms with Crippen LogP contribution in [0.1, 0.15) is 29.8 Å². The molecule has 1 aliphatic heterocycles. The van der Waals surface area contributed by atoms with Gasteiger partial charge in [-0.05, 0) is 12.5 Å². The summed E-state index contributed by atoms with van der Waals surface area (Å²) in [6, 6.07) is 9.76. The first-order valence-corrected chi connectivity index (χ1v) is 9.44. The predicted octanol–water partition coefficient (Wildman–Crippen LogP) is 2.49. The van der Waals surface area contributed by atoms with Gasteiger partial charge in [0.2, 0.25) is 5.91 Å². The van der Waals surface area contributed by atoms with Gasteiger partial charge in [0, 0.05) is 17.1 Å². The Morgan fingerprint density at radius 2 is 2.17 bits per heavy atom. The van der Waals surface area contributed by atoms with Crippen LogP contribution in [0.15, 0.2) is 40.3 Å². The van der Waals surface area contributed by atoms with Crippen LogP contribution in [0.3, 0.4) is 0 Å². The van der Waals surface area contributed by atoms with E-state index in [9.17, 15) is 9.59 Å². The molecule has 7 heteroatoms. The SMILES string of the molecule is CC(NC(=O)CSc1nc2c(c(=O)[nH]1)CSC2)c1ccccc1. The first-order valence-electron chi connectivity index (χ1n) is 7.30. The number of aromatic nitrogens is 2. The maximum atomic E-state index is 12.1. The van der Waals surface area contributed by atoms with Gasteiger partial charge >= 0.3 is 0 Å². The van der Waals surface area contributed by atoms with Crippen molar-refractivity contribution < 1.29 is 4.79 Å². The summed E-state index contributed by atoms with van der Waals surface area (Å²) in [6.45, 7) is 1.95. The van der Waals surface area contributed by atoms with Gasteiger partial charge in [-0.25, -0.2) is 4.98 Å². The standard InChI is InChI=1S/C16H17N3O2S2/c1-10(11-5-3-2-4-6-11)17-14(20)9-23-16-18-13-8-22-7-12(13)15(21)19-16/h2-6,10H,7-9H2,1H3,(H,17,20)(H,18,19,21). The zero-order valence-corrected chi connectivity index (χ0v) is 14.3. The average molecular weight is 347 g/mol. The lowest BCUT2D eigenvalue weighted by Crippen LogP contribution is -2.28. The molecule has 2 aromatic rings. The number of benzene rings is 1. The van der Waals surface area contributed by atoms with Gasteiger partial charge in [0.05, 0.1) is 17.5 Å². The highest BCUT2D eigenvalue weighted by molar-refractivity contribution is 7.99. The summed E-state index contributed by atoms with van der Waals surface area (Å²) in [5, 5.41) is 3.46. The smallest absolute Gasteiger partial charge is 0.255 e. The summed E-state index contributed by atoms with van der Waals surface area (Å²) < 4.78 is 0. The summed E-state index contributed by atoms with van der Waals surface area (Å²) in [4.78, 5) is 31.2. The highest BCUT2D eigenvalue weighted by atomic mass is 32.2. The van der Waals surface area contributed by atoms with Crippen LogP contribution in [-0.2, 0) is 16.3 Å². The fraction of sp³-hybridized carbons (Fsp3) is 0.312. The van der Waals surface area contributed by atoms with Crippen LogP contribution in [0.5, 0.6) is 0 Å². The fourth-order valence-corrected chi connectivity index (χ4v) is 4.08. The van der Waals surface area contributed by atoms with Crippen LogP contribution in [0.25, 0.3) is 0 Å². The lowest BCUT2D eigenvalue weighted by molar-refractivity contribution is -0.119. The number of thioether (sulfide) groups is 2. The van der Waals surface area contributed by atoms with Crippen molar-refractivity contribution in [3.05, 3.63) is 57.5 Å². The van der Waals surface area contributed by atoms with E-state index in [0.717, 1.165) is 28.3 Å². The molecule has 3 rings (SSSR count). The van der Waals surface area contributed by atoms with E-state index < -0.39 is 0 Å². The van der Waals surface area contributed by atoms with Crippen molar-refractivity contribution in [2.75, 3.05) is 5.75 Å². The third-order valence-corrected chi connectivity index (χ3v) is 5.43. The quantitative estimate of drug-likeness (QED) is 0.642. The number of nitrogens with zero attached hydrogens (tertiary/aromatic N) is 1. The summed E-state index contributed by atoms with van der Waals surface area (Å²) >= 11 is 2.94. The highest BCUT2D eigenvalue weighted by Gasteiger charge is 2.18. The number of nitrogens with one attached hydrogen (secondary N) is 2. The molecule has 0 saturated carbocycles. The van der Waals surface area contributed by atoms with E-state index in [1.54, 1.807) is 11.8 Å². The maximum absolute atomic E-state index is 12.1. The second kappa shape index (κ2) is 7.23. The van der Waals surface area contributed by atoms with Crippen molar-refractivity contribution in [3.8, 4) is 0 Å². The number of H-pyrrole nitrogens is 1. The summed E-state index contributed by atoms with van der Waals surface area (Å²) in [6.07, 6.45) is 0. The lowest BCUT2D eigenvalue weighted by Gasteiger charge is -2.14. The molecular formula is C16H17N3O2S2. The van der Waals surface area contributed by atoms with Crippen molar-refractivity contribution in [2.24, 2.45) is 0 Å². The number of carbonyl (C=O) groups excluding carboxylic acids is 1. The van der Waals surface area contributed by atoms with Gasteiger partial charge in [-0.3, -0.25) is 9.59 Å². The average Bonchev–Trinajstić information content (AvgIpc) is 3.03. The second-order valence-electron chi connectivity index (χ2n) is 5.28. The molecule has 0 fully saturated rings. The molecule has 0 radical (unpaired) electrons. The van der Waals surface area contributed by atoms with E-state index >= 15 is 0 Å². The first-order chi connectivity index (χ1) is 11.1. The molecule has 0 bridgehead atoms. The van der Waals surface area contributed by atoms with E-state index in [-0.39, 0.29) is 23.3 Å². The molecule has 1 aromatic heterocycles. The predicted molar refractivity (Wildman–Crippen MR) is 93.6 cm³/mol. The monoisotopic (exact) mass is 347 g/mol. The van der Waals surface area contributed by atoms with Crippen molar-refractivity contribution in [1.29, 1.82) is 0 Å². The number of fused-ring (bicyclic) bond motifs is 1. The summed E-state index contributed by atoms with van der Waals surface area (Å²) in [5.41, 5.74) is 2.59. The molecule has 23 heavy (non-hydrogen) atoms. The molecule has 1 aromatic carbocycles. The molecule has 1 atom stereocenters. The molecule has 2 heterocycles. The van der Waals surface area contributed by atoms with E-state index in [1.807, 2.05) is 37.3 Å². The van der Waals surface area contributed by atoms with Crippen molar-refractivity contribution >= 4 is 29.4 Å². The Morgan fingerprint density at radius 3 is 2.96 bits per heavy atom. The minimum absolute atomic E-state index is 0.0484. The van der Waals surface area contributed by atoms with Gasteiger partial charge in [0.1, 0.15) is 0 Å². The van der Waals surface area contributed by atoms with Crippen molar-refractivity contribution in [2.45, 2.75) is 29.6 Å². The Labute approximate surface area is 142 Å². The number of carbonyl (C=O) groups is 1. The number of amides is 1. The molecule has 5 nitrogen and oxygen atoms in total. The number of rotatable bonds is 5. The zero-order chi connectivity index (χ0) is 16.2. The topological polar surface area (TPSA) is 74.8 Å². The zero-order valence-electron chi connectivity index (χ0n) is 12.7. The van der Waals surface area contributed by atoms with Crippen LogP contribution < -0.4 is 10.9 Å². The maximum Gasteiger partial charge on any atom is 0.255 e. The van der Waals surface area contributed by atoms with E-state index in [4.69, 9.17) is 0 Å². The van der Waals surface area contributed by atoms with Gasteiger partial charge in [-0.1, -0.05) is 42.1 Å². The van der Waals surface area contributed by atoms with Gasteiger partial charge in [-0.2, -0.15) is 11.8 Å². The molecular weight excluding hydrogens is 330 g/mol. The molecule has 1 aliphatic rings. The molecule has 1 unspecified atom stereocenters. The van der Waals surface area contributed by atoms with Crippen LogP contribution >= 0.6 is 23.5 Å². The van der Waals surface area contributed by atoms with Gasteiger partial charge in [-0.15, -0.1) is 0 Å². The summed E-state index contributed by atoms with van der Waals surface area (Å²) in [5.74, 6) is 1.64. The number of hydrogen-bond donors (Lipinski definition) is 2. The minimum Gasteiger partial charge on any atom is -0.349 e. The third-order valence-electron chi connectivity index (χ3n) is 3.58. The fourth-order valence-electron chi connectivity index (χ4n) is 2.35. The Balaban J connectivity index is 1.57. The first kappa shape index (κ1) is 16.1. The summed E-state index contributed by atoms with van der Waals surface area (Å²) in [7, 11) is 0. The van der Waals surface area contributed by atoms with Gasteiger partial charge < -0.3 is 10.3 Å². The van der Waals surface area contributed by atoms with Gasteiger partial charge in [0.25, 0.3) is 5.56 Å². The van der Waals surface area contributed by atoms with Crippen LogP contribution in [0.2, 0.25) is 0 Å². The third kappa shape index (κ3) is 3.97. The Bertz CT molecular complexity index is 762. The van der Waals surface area contributed by atoms with Crippen LogP contribution in [0, 0.1) is 0 Å². The number of aromatic amines is 1. The van der Waals surface area contributed by atoms with Crippen molar-refractivity contribution in [1.82, 2.24) is 15.3 Å². The van der Waals surface area contributed by atoms with E-state index in [2.05, 4.69) is 15.3 Å². The lowest BCUT2D eigenvalue weighted by atomic mass is 10.1. The molecule has 0 spiro atoms. The van der Waals surface area contributed by atoms with Crippen LogP contribution in [0.4, 0.5) is 0 Å². The Morgan fingerprint density at radius 1 is 1.39 bits per heavy atom. The minimum atomic E-state index is -0.0828. The largest absolute Gasteiger partial charge is 0.349 e. The Kier molecular flexibility index (Phi) is 5.07. The van der Waals surface area contributed by atoms with E-state index in [1.165, 1.54) is 11.8 Å². The molecule has 1 amide bonds. The Hall–Kier alpha value is -1.73. The molecule has 2 N–H and O–H groups in total. The van der Waals surface area contributed by atoms with Crippen molar-refractivity contribution in [3.63, 3.8) is 0 Å². The normalized spacial score (nSPS) is 14.3. The van der Waals surface area contributed by atoms with Gasteiger partial charge in [0.15, 0.2) is 5.16 Å². The molecule has 0 aliphatic carbocycles. The number of hydrogen-bond acceptors (Lipinski definition) is 5. The molecule has 0 saturated heterocycles.